The fourth-order valence-electron chi connectivity index (χ4n) is 0.942. The van der Waals surface area contributed by atoms with Gasteiger partial charge in [-0.3, -0.25) is 4.79 Å². The normalized spacial score (nSPS) is 11.1. The summed E-state index contributed by atoms with van der Waals surface area (Å²) in [6, 6.07) is 0.740. The monoisotopic (exact) mass is 271 g/mol. The molecule has 0 aliphatic carbocycles. The number of nitrogens with zero attached hydrogens (tertiary/aromatic N) is 1. The molecule has 0 saturated carbocycles. The highest BCUT2D eigenvalue weighted by Crippen LogP contribution is 2.34. The number of hydrogen-bond acceptors (Lipinski definition) is 5. The molecule has 9 heteroatoms. The van der Waals surface area contributed by atoms with Crippen molar-refractivity contribution in [3.05, 3.63) is 11.8 Å². The Morgan fingerprint density at radius 1 is 1.53 bits per heavy atom. The molecule has 1 heterocycles. The predicted octanol–water partition coefficient (Wildman–Crippen LogP) is 2.07. The Morgan fingerprint density at radius 3 is 2.53 bits per heavy atom. The first-order valence-electron chi connectivity index (χ1n) is 3.98. The summed E-state index contributed by atoms with van der Waals surface area (Å²) < 4.78 is 44.0. The minimum atomic E-state index is -5.01. The zero-order valence-electron chi connectivity index (χ0n) is 8.21. The molecule has 0 saturated heterocycles. The van der Waals surface area contributed by atoms with E-state index in [0.29, 0.717) is 0 Å². The molecule has 1 aromatic rings. The number of alkyl halides is 3. The summed E-state index contributed by atoms with van der Waals surface area (Å²) >= 11 is 5.01. The maximum atomic E-state index is 12.0. The van der Waals surface area contributed by atoms with Gasteiger partial charge < -0.3 is 14.6 Å². The van der Waals surface area contributed by atoms with Crippen LogP contribution in [0.3, 0.4) is 0 Å². The highest BCUT2D eigenvalue weighted by atomic mass is 35.5. The highest BCUT2D eigenvalue weighted by molar-refractivity contribution is 6.67. The Labute approximate surface area is 97.7 Å². The second-order valence-electron chi connectivity index (χ2n) is 2.69. The Bertz CT molecular complexity index is 449. The predicted molar refractivity (Wildman–Crippen MR) is 49.3 cm³/mol. The Hall–Kier alpha value is -1.70. The molecule has 0 atom stereocenters. The van der Waals surface area contributed by atoms with Gasteiger partial charge in [0, 0.05) is 6.07 Å². The third-order valence-corrected chi connectivity index (χ3v) is 1.73. The van der Waals surface area contributed by atoms with Crippen LogP contribution < -0.4 is 9.47 Å². The van der Waals surface area contributed by atoms with Gasteiger partial charge >= 0.3 is 6.36 Å². The first-order valence-corrected chi connectivity index (χ1v) is 4.36. The van der Waals surface area contributed by atoms with Crippen molar-refractivity contribution in [2.24, 2.45) is 0 Å². The number of rotatable bonds is 3. The largest absolute Gasteiger partial charge is 0.574 e. The van der Waals surface area contributed by atoms with E-state index in [9.17, 15) is 23.1 Å². The van der Waals surface area contributed by atoms with Crippen LogP contribution in [0.2, 0.25) is 0 Å². The number of hydrogen-bond donors (Lipinski definition) is 1. The Morgan fingerprint density at radius 2 is 2.12 bits per heavy atom. The van der Waals surface area contributed by atoms with Gasteiger partial charge in [-0.1, -0.05) is 0 Å². The molecule has 0 unspecified atom stereocenters. The minimum absolute atomic E-state index is 0.485. The van der Waals surface area contributed by atoms with Gasteiger partial charge in [0.15, 0.2) is 11.4 Å². The third kappa shape index (κ3) is 3.38. The van der Waals surface area contributed by atoms with Crippen molar-refractivity contribution in [3.63, 3.8) is 0 Å². The van der Waals surface area contributed by atoms with Gasteiger partial charge in [0.25, 0.3) is 11.1 Å². The van der Waals surface area contributed by atoms with Crippen LogP contribution in [-0.4, -0.2) is 28.8 Å². The maximum absolute atomic E-state index is 12.0. The van der Waals surface area contributed by atoms with E-state index >= 15 is 0 Å². The molecule has 0 aliphatic rings. The van der Waals surface area contributed by atoms with Crippen LogP contribution in [0.25, 0.3) is 0 Å². The second-order valence-corrected chi connectivity index (χ2v) is 3.03. The number of methoxy groups -OCH3 is 1. The molecule has 0 spiro atoms. The first kappa shape index (κ1) is 13.4. The van der Waals surface area contributed by atoms with E-state index in [1.165, 1.54) is 0 Å². The van der Waals surface area contributed by atoms with Gasteiger partial charge in [0.05, 0.1) is 7.11 Å². The van der Waals surface area contributed by atoms with Crippen LogP contribution in [0.1, 0.15) is 10.5 Å². The number of aromatic nitrogens is 1. The van der Waals surface area contributed by atoms with E-state index < -0.39 is 34.7 Å². The highest BCUT2D eigenvalue weighted by Gasteiger charge is 2.34. The lowest BCUT2D eigenvalue weighted by atomic mass is 10.3. The molecule has 0 fully saturated rings. The molecule has 5 nitrogen and oxygen atoms in total. The summed E-state index contributed by atoms with van der Waals surface area (Å²) in [7, 11) is 1.04. The van der Waals surface area contributed by atoms with Crippen molar-refractivity contribution in [3.8, 4) is 17.4 Å². The van der Waals surface area contributed by atoms with Crippen molar-refractivity contribution in [1.82, 2.24) is 4.98 Å². The average Bonchev–Trinajstić information content (AvgIpc) is 2.17. The number of aromatic hydroxyl groups is 1. The van der Waals surface area contributed by atoms with Crippen molar-refractivity contribution in [2.75, 3.05) is 7.11 Å². The summed E-state index contributed by atoms with van der Waals surface area (Å²) in [5.41, 5.74) is -0.758. The lowest BCUT2D eigenvalue weighted by Gasteiger charge is -2.12. The molecule has 94 valence electrons. The zero-order chi connectivity index (χ0) is 13.2. The number of pyridine rings is 1. The summed E-state index contributed by atoms with van der Waals surface area (Å²) in [6.07, 6.45) is -5.01. The van der Waals surface area contributed by atoms with Gasteiger partial charge in [-0.25, -0.2) is 4.98 Å². The van der Waals surface area contributed by atoms with Crippen molar-refractivity contribution < 1.29 is 32.5 Å². The van der Waals surface area contributed by atoms with E-state index in [-0.39, 0.29) is 0 Å². The van der Waals surface area contributed by atoms with Gasteiger partial charge in [-0.2, -0.15) is 0 Å². The van der Waals surface area contributed by atoms with E-state index in [2.05, 4.69) is 14.5 Å². The lowest BCUT2D eigenvalue weighted by molar-refractivity contribution is -0.276. The fraction of sp³-hybridized carbons (Fsp3) is 0.250. The molecule has 1 N–H and O–H groups in total. The standard InChI is InChI=1S/C8H5ClF3NO4/c1-16-4-2-3(14)5(6(9)15)13-7(4)17-8(10,11)12/h2,14H,1H3. The number of carbonyl (C=O) groups excluding carboxylic acids is 1. The molecule has 17 heavy (non-hydrogen) atoms. The van der Waals surface area contributed by atoms with Crippen LogP contribution in [-0.2, 0) is 0 Å². The van der Waals surface area contributed by atoms with E-state index in [1.54, 1.807) is 0 Å². The fourth-order valence-corrected chi connectivity index (χ4v) is 1.08. The Kier molecular flexibility index (Phi) is 3.66. The summed E-state index contributed by atoms with van der Waals surface area (Å²) in [4.78, 5) is 13.9. The molecule has 0 aromatic carbocycles. The summed E-state index contributed by atoms with van der Waals surface area (Å²) in [5, 5.41) is 8.01. The summed E-state index contributed by atoms with van der Waals surface area (Å²) in [5.74, 6) is -2.21. The number of carbonyl (C=O) groups is 1. The zero-order valence-corrected chi connectivity index (χ0v) is 8.96. The van der Waals surface area contributed by atoms with Gasteiger partial charge in [0.2, 0.25) is 0 Å². The van der Waals surface area contributed by atoms with Crippen LogP contribution in [0.5, 0.6) is 17.4 Å². The third-order valence-electron chi connectivity index (χ3n) is 1.55. The first-order chi connectivity index (χ1) is 7.74. The average molecular weight is 272 g/mol. The Balaban J connectivity index is 3.26. The van der Waals surface area contributed by atoms with E-state index in [0.717, 1.165) is 13.2 Å². The molecular formula is C8H5ClF3NO4. The van der Waals surface area contributed by atoms with Crippen LogP contribution >= 0.6 is 11.6 Å². The minimum Gasteiger partial charge on any atom is -0.505 e. The summed E-state index contributed by atoms with van der Waals surface area (Å²) in [6.45, 7) is 0. The molecule has 1 rings (SSSR count). The SMILES string of the molecule is COc1cc(O)c(C(=O)Cl)nc1OC(F)(F)F. The number of ether oxygens (including phenoxy) is 2. The molecule has 0 bridgehead atoms. The van der Waals surface area contributed by atoms with E-state index in [4.69, 9.17) is 11.6 Å². The number of halogens is 4. The molecule has 1 aromatic heterocycles. The molecule has 0 amide bonds. The maximum Gasteiger partial charge on any atom is 0.574 e. The van der Waals surface area contributed by atoms with Crippen LogP contribution in [0.4, 0.5) is 13.2 Å². The van der Waals surface area contributed by atoms with Crippen LogP contribution in [0, 0.1) is 0 Å². The van der Waals surface area contributed by atoms with E-state index in [1.807, 2.05) is 0 Å². The van der Waals surface area contributed by atoms with Gasteiger partial charge in [-0.05, 0) is 11.6 Å². The van der Waals surface area contributed by atoms with Crippen molar-refractivity contribution in [1.29, 1.82) is 0 Å². The molecule has 0 radical (unpaired) electrons. The second kappa shape index (κ2) is 4.66. The lowest BCUT2D eigenvalue weighted by Crippen LogP contribution is -2.19. The smallest absolute Gasteiger partial charge is 0.505 e. The van der Waals surface area contributed by atoms with Gasteiger partial charge in [-0.15, -0.1) is 13.2 Å². The van der Waals surface area contributed by atoms with Crippen LogP contribution in [0.15, 0.2) is 6.07 Å². The molecule has 0 aliphatic heterocycles. The quantitative estimate of drug-likeness (QED) is 0.852. The van der Waals surface area contributed by atoms with Crippen molar-refractivity contribution in [2.45, 2.75) is 6.36 Å². The topological polar surface area (TPSA) is 68.7 Å². The van der Waals surface area contributed by atoms with Crippen molar-refractivity contribution >= 4 is 16.8 Å². The van der Waals surface area contributed by atoms with Gasteiger partial charge in [0.1, 0.15) is 5.75 Å². The molecular weight excluding hydrogens is 267 g/mol.